The second-order valence-electron chi connectivity index (χ2n) is 5.75. The molecule has 7 nitrogen and oxygen atoms in total. The zero-order valence-electron chi connectivity index (χ0n) is 15.8. The minimum atomic E-state index is -0.210. The summed E-state index contributed by atoms with van der Waals surface area (Å²) >= 11 is 2.59. The molecule has 9 heteroatoms. The Labute approximate surface area is 177 Å². The number of ether oxygens (including phenoxy) is 1. The maximum atomic E-state index is 12.3. The number of nitrogens with one attached hydrogen (secondary N) is 1. The summed E-state index contributed by atoms with van der Waals surface area (Å²) in [6, 6.07) is 11.4. The zero-order valence-corrected chi connectivity index (χ0v) is 17.4. The van der Waals surface area contributed by atoms with Crippen molar-refractivity contribution in [3.63, 3.8) is 0 Å². The van der Waals surface area contributed by atoms with Crippen LogP contribution in [0.15, 0.2) is 53.5 Å². The van der Waals surface area contributed by atoms with Gasteiger partial charge in [0.05, 0.1) is 23.5 Å². The number of anilines is 1. The quantitative estimate of drug-likeness (QED) is 0.408. The smallest absolute Gasteiger partial charge is 0.235 e. The van der Waals surface area contributed by atoms with Gasteiger partial charge < -0.3 is 10.1 Å². The van der Waals surface area contributed by atoms with Crippen molar-refractivity contribution in [1.29, 1.82) is 5.26 Å². The summed E-state index contributed by atoms with van der Waals surface area (Å²) in [5, 5.41) is 23.3. The summed E-state index contributed by atoms with van der Waals surface area (Å²) < 4.78 is 7.61. The Balaban J connectivity index is 1.78. The fourth-order valence-corrected chi connectivity index (χ4v) is 4.11. The van der Waals surface area contributed by atoms with Gasteiger partial charge in [0.1, 0.15) is 16.8 Å². The molecule has 0 fully saturated rings. The van der Waals surface area contributed by atoms with Crippen LogP contribution in [0, 0.1) is 11.3 Å². The van der Waals surface area contributed by atoms with E-state index in [1.165, 1.54) is 23.1 Å². The van der Waals surface area contributed by atoms with E-state index in [0.29, 0.717) is 34.7 Å². The van der Waals surface area contributed by atoms with E-state index >= 15 is 0 Å². The van der Waals surface area contributed by atoms with Gasteiger partial charge in [-0.3, -0.25) is 9.36 Å². The third-order valence-electron chi connectivity index (χ3n) is 3.83. The molecule has 0 saturated carbocycles. The monoisotopic (exact) mass is 425 g/mol. The molecule has 0 unspecified atom stereocenters. The lowest BCUT2D eigenvalue weighted by atomic mass is 10.2. The average molecular weight is 426 g/mol. The average Bonchev–Trinajstić information content (AvgIpc) is 3.34. The number of carbonyl (C=O) groups is 1. The van der Waals surface area contributed by atoms with Gasteiger partial charge in [-0.05, 0) is 30.5 Å². The fourth-order valence-electron chi connectivity index (χ4n) is 2.61. The molecule has 0 atom stereocenters. The molecule has 0 aliphatic rings. The first-order valence-electron chi connectivity index (χ1n) is 8.84. The lowest BCUT2D eigenvalue weighted by Crippen LogP contribution is -2.14. The standard InChI is InChI=1S/C20H19N5O2S2/c1-3-10-25-18(15-7-5-6-8-16(15)27-4-2)23-24-20(25)29-13-17(26)22-19-14(12-21)9-11-28-19/h3,5-9,11H,1,4,10,13H2,2H3,(H,22,26). The molecule has 0 spiro atoms. The number of rotatable bonds is 9. The molecule has 0 saturated heterocycles. The number of thiophene rings is 1. The predicted molar refractivity (Wildman–Crippen MR) is 115 cm³/mol. The molecule has 1 amide bonds. The highest BCUT2D eigenvalue weighted by atomic mass is 32.2. The Morgan fingerprint density at radius 2 is 2.24 bits per heavy atom. The fraction of sp³-hybridized carbons (Fsp3) is 0.200. The van der Waals surface area contributed by atoms with Gasteiger partial charge in [-0.25, -0.2) is 0 Å². The van der Waals surface area contributed by atoms with Gasteiger partial charge in [-0.1, -0.05) is 30.0 Å². The van der Waals surface area contributed by atoms with E-state index in [1.54, 1.807) is 17.5 Å². The SMILES string of the molecule is C=CCn1c(SCC(=O)Nc2sccc2C#N)nnc1-c1ccccc1OCC. The van der Waals surface area contributed by atoms with Crippen LogP contribution >= 0.6 is 23.1 Å². The molecule has 0 radical (unpaired) electrons. The molecule has 0 aliphatic carbocycles. The van der Waals surface area contributed by atoms with Crippen molar-refractivity contribution >= 4 is 34.0 Å². The maximum absolute atomic E-state index is 12.3. The van der Waals surface area contributed by atoms with Gasteiger partial charge in [0, 0.05) is 6.54 Å². The highest BCUT2D eigenvalue weighted by Crippen LogP contribution is 2.31. The van der Waals surface area contributed by atoms with Crippen LogP contribution in [0.25, 0.3) is 11.4 Å². The van der Waals surface area contributed by atoms with Crippen molar-refractivity contribution in [2.75, 3.05) is 17.7 Å². The Bertz CT molecular complexity index is 1050. The minimum Gasteiger partial charge on any atom is -0.493 e. The second kappa shape index (κ2) is 9.91. The van der Waals surface area contributed by atoms with E-state index in [2.05, 4.69) is 28.2 Å². The van der Waals surface area contributed by atoms with E-state index < -0.39 is 0 Å². The Morgan fingerprint density at radius 1 is 1.41 bits per heavy atom. The molecule has 2 heterocycles. The molecule has 148 valence electrons. The number of carbonyl (C=O) groups excluding carboxylic acids is 1. The molecule has 0 bridgehead atoms. The van der Waals surface area contributed by atoms with E-state index in [1.807, 2.05) is 35.8 Å². The Morgan fingerprint density at radius 3 is 3.00 bits per heavy atom. The third kappa shape index (κ3) is 4.85. The summed E-state index contributed by atoms with van der Waals surface area (Å²) in [6.07, 6.45) is 1.76. The van der Waals surface area contributed by atoms with Crippen LogP contribution in [-0.2, 0) is 11.3 Å². The van der Waals surface area contributed by atoms with Crippen LogP contribution in [0.2, 0.25) is 0 Å². The number of nitrogens with zero attached hydrogens (tertiary/aromatic N) is 4. The number of allylic oxidation sites excluding steroid dienone is 1. The Hall–Kier alpha value is -3.09. The van der Waals surface area contributed by atoms with Crippen molar-refractivity contribution in [3.05, 3.63) is 53.9 Å². The lowest BCUT2D eigenvalue weighted by molar-refractivity contribution is -0.113. The number of para-hydroxylation sites is 1. The number of thioether (sulfide) groups is 1. The van der Waals surface area contributed by atoms with Gasteiger partial charge in [0.2, 0.25) is 5.91 Å². The van der Waals surface area contributed by atoms with Gasteiger partial charge >= 0.3 is 0 Å². The molecule has 2 aromatic heterocycles. The van der Waals surface area contributed by atoms with Crippen molar-refractivity contribution in [1.82, 2.24) is 14.8 Å². The molecular weight excluding hydrogens is 406 g/mol. The Kier molecular flexibility index (Phi) is 7.05. The van der Waals surface area contributed by atoms with Gasteiger partial charge in [-0.15, -0.1) is 28.1 Å². The normalized spacial score (nSPS) is 10.3. The number of hydrogen-bond donors (Lipinski definition) is 1. The van der Waals surface area contributed by atoms with Crippen LogP contribution in [-0.4, -0.2) is 33.0 Å². The molecule has 1 N–H and O–H groups in total. The lowest BCUT2D eigenvalue weighted by Gasteiger charge is -2.11. The highest BCUT2D eigenvalue weighted by molar-refractivity contribution is 7.99. The third-order valence-corrected chi connectivity index (χ3v) is 5.62. The zero-order chi connectivity index (χ0) is 20.6. The first-order chi connectivity index (χ1) is 14.2. The predicted octanol–water partition coefficient (Wildman–Crippen LogP) is 4.19. The number of benzene rings is 1. The van der Waals surface area contributed by atoms with Crippen molar-refractivity contribution in [3.8, 4) is 23.2 Å². The van der Waals surface area contributed by atoms with E-state index in [9.17, 15) is 4.79 Å². The number of aromatic nitrogens is 3. The van der Waals surface area contributed by atoms with Gasteiger partial charge in [0.15, 0.2) is 11.0 Å². The largest absolute Gasteiger partial charge is 0.493 e. The van der Waals surface area contributed by atoms with E-state index in [-0.39, 0.29) is 11.7 Å². The molecule has 29 heavy (non-hydrogen) atoms. The van der Waals surface area contributed by atoms with Crippen LogP contribution in [0.1, 0.15) is 12.5 Å². The second-order valence-corrected chi connectivity index (χ2v) is 7.61. The molecular formula is C20H19N5O2S2. The van der Waals surface area contributed by atoms with Crippen LogP contribution in [0.5, 0.6) is 5.75 Å². The molecule has 3 rings (SSSR count). The van der Waals surface area contributed by atoms with Gasteiger partial charge in [-0.2, -0.15) is 5.26 Å². The number of amides is 1. The van der Waals surface area contributed by atoms with E-state index in [4.69, 9.17) is 10.00 Å². The molecule has 3 aromatic rings. The first kappa shape index (κ1) is 20.6. The van der Waals surface area contributed by atoms with Gasteiger partial charge in [0.25, 0.3) is 0 Å². The summed E-state index contributed by atoms with van der Waals surface area (Å²) in [6.45, 7) is 6.78. The molecule has 0 aliphatic heterocycles. The minimum absolute atomic E-state index is 0.144. The highest BCUT2D eigenvalue weighted by Gasteiger charge is 2.18. The van der Waals surface area contributed by atoms with Crippen LogP contribution in [0.4, 0.5) is 5.00 Å². The van der Waals surface area contributed by atoms with Crippen molar-refractivity contribution < 1.29 is 9.53 Å². The number of hydrogen-bond acceptors (Lipinski definition) is 7. The van der Waals surface area contributed by atoms with Crippen LogP contribution < -0.4 is 10.1 Å². The maximum Gasteiger partial charge on any atom is 0.235 e. The molecule has 1 aromatic carbocycles. The summed E-state index contributed by atoms with van der Waals surface area (Å²) in [5.41, 5.74) is 1.29. The summed E-state index contributed by atoms with van der Waals surface area (Å²) in [7, 11) is 0. The summed E-state index contributed by atoms with van der Waals surface area (Å²) in [5.74, 6) is 1.31. The van der Waals surface area contributed by atoms with Crippen LogP contribution in [0.3, 0.4) is 0 Å². The first-order valence-corrected chi connectivity index (χ1v) is 10.7. The summed E-state index contributed by atoms with van der Waals surface area (Å²) in [4.78, 5) is 12.3. The van der Waals surface area contributed by atoms with E-state index in [0.717, 1.165) is 11.3 Å². The van der Waals surface area contributed by atoms with Crippen molar-refractivity contribution in [2.45, 2.75) is 18.6 Å². The topological polar surface area (TPSA) is 92.8 Å². The van der Waals surface area contributed by atoms with Crippen molar-refractivity contribution in [2.24, 2.45) is 0 Å². The number of nitriles is 1.